The number of esters is 3. The maximum atomic E-state index is 12.4. The number of rotatable bonds is 12. The maximum absolute atomic E-state index is 12.4. The first kappa shape index (κ1) is 95.7. The van der Waals surface area contributed by atoms with Crippen molar-refractivity contribution in [3.63, 3.8) is 0 Å². The first-order valence-electron chi connectivity index (χ1n) is 42.7. The average molecular weight is 1690 g/mol. The molecule has 0 unspecified atom stereocenters. The number of hydrogen-bond acceptors (Lipinski definition) is 15. The normalized spacial score (nSPS) is 13.1. The van der Waals surface area contributed by atoms with Gasteiger partial charge in [0.25, 0.3) is 0 Å². The minimum absolute atomic E-state index is 0.112. The van der Waals surface area contributed by atoms with Gasteiger partial charge in [0.05, 0.1) is 22.3 Å². The Morgan fingerprint density at radius 2 is 0.548 bits per heavy atom. The third-order valence-electron chi connectivity index (χ3n) is 20.7. The van der Waals surface area contributed by atoms with Crippen molar-refractivity contribution in [2.24, 2.45) is 0 Å². The van der Waals surface area contributed by atoms with E-state index in [9.17, 15) is 49.8 Å². The number of carboxylic acids is 1. The van der Waals surface area contributed by atoms with Gasteiger partial charge in [0.15, 0.2) is 16.8 Å². The lowest BCUT2D eigenvalue weighted by molar-refractivity contribution is 0.0242. The second-order valence-electron chi connectivity index (χ2n) is 32.3. The van der Waals surface area contributed by atoms with E-state index in [1.807, 2.05) is 120 Å². The number of phenols is 6. The number of hydrogen-bond donors (Lipinski definition) is 7. The second-order valence-corrected chi connectivity index (χ2v) is 32.3. The van der Waals surface area contributed by atoms with E-state index in [4.69, 9.17) is 28.8 Å². The molecule has 0 saturated heterocycles. The molecule has 652 valence electrons. The van der Waals surface area contributed by atoms with Gasteiger partial charge in [0.1, 0.15) is 57.2 Å². The standard InChI is InChI=1S/3C20H14O4.C17H22O.C14H14O2.C13H20O.3C2H6/c3*21-15-9-5-13(6-10-15)20(14-7-11-16(22)12-8-14)18-4-2-1-3-17(18)19(23)24-20;1-12(2)13-10-11-16(18-17(3,4)5)15-9-7-6-8-14(13)15;1-9(2)10-7-8-13(14(15)16)12-6-4-3-5-11(10)12;1-10(2)11-6-8-12(9-7-11)14-13(3,4)5;3*1-2/h3*1-12,21-22H;6-12H,1-5H3;3-9H,1-2H3,(H,15,16);6-10H,1-5H3;3*1-2H3. The molecule has 17 rings (SSSR count). The molecule has 0 aliphatic carbocycles. The molecule has 3 heterocycles. The van der Waals surface area contributed by atoms with Crippen LogP contribution in [-0.4, -0.2) is 70.8 Å². The number of aromatic carboxylic acids is 1. The quantitative estimate of drug-likeness (QED) is 0.0443. The summed E-state index contributed by atoms with van der Waals surface area (Å²) in [5, 5.41) is 71.1. The van der Waals surface area contributed by atoms with Crippen LogP contribution in [-0.2, 0) is 31.0 Å². The molecule has 16 nitrogen and oxygen atoms in total. The Bertz CT molecular complexity index is 5450. The summed E-state index contributed by atoms with van der Waals surface area (Å²) in [4.78, 5) is 48.4. The average Bonchev–Trinajstić information content (AvgIpc) is 1.58. The number of benzene rings is 14. The molecule has 14 aromatic carbocycles. The number of carboxylic acid groups (broad SMARTS) is 1. The van der Waals surface area contributed by atoms with Gasteiger partial charge in [0, 0.05) is 55.5 Å². The van der Waals surface area contributed by atoms with Gasteiger partial charge in [-0.3, -0.25) is 0 Å². The Morgan fingerprint density at radius 3 is 0.817 bits per heavy atom. The molecule has 3 aliphatic heterocycles. The number of carbonyl (C=O) groups is 4. The van der Waals surface area contributed by atoms with Crippen LogP contribution in [0.3, 0.4) is 0 Å². The van der Waals surface area contributed by atoms with Crippen LogP contribution >= 0.6 is 0 Å². The fraction of sp³-hybridized carbons (Fsp3) is 0.236. The number of aromatic hydroxyl groups is 6. The molecule has 14 aromatic rings. The van der Waals surface area contributed by atoms with Gasteiger partial charge in [-0.25, -0.2) is 19.2 Å². The molecule has 3 aliphatic rings. The van der Waals surface area contributed by atoms with Gasteiger partial charge >= 0.3 is 23.9 Å². The van der Waals surface area contributed by atoms with Crippen LogP contribution in [0.25, 0.3) is 21.5 Å². The van der Waals surface area contributed by atoms with E-state index >= 15 is 0 Å². The molecule has 0 atom stereocenters. The van der Waals surface area contributed by atoms with E-state index < -0.39 is 40.7 Å². The zero-order valence-electron chi connectivity index (χ0n) is 75.1. The van der Waals surface area contributed by atoms with Crippen molar-refractivity contribution < 1.29 is 78.6 Å². The fourth-order valence-electron chi connectivity index (χ4n) is 15.1. The minimum Gasteiger partial charge on any atom is -0.508 e. The fourth-order valence-corrected chi connectivity index (χ4v) is 15.1. The predicted molar refractivity (Wildman–Crippen MR) is 502 cm³/mol. The van der Waals surface area contributed by atoms with Gasteiger partial charge < -0.3 is 59.4 Å². The van der Waals surface area contributed by atoms with E-state index in [1.165, 1.54) is 27.5 Å². The zero-order chi connectivity index (χ0) is 92.0. The zero-order valence-corrected chi connectivity index (χ0v) is 75.1. The summed E-state index contributed by atoms with van der Waals surface area (Å²) in [6.45, 7) is 37.5. The number of phenolic OH excluding ortho intramolecular Hbond substituents is 6. The molecule has 0 aromatic heterocycles. The molecule has 0 spiro atoms. The molecule has 0 bridgehead atoms. The summed E-state index contributed by atoms with van der Waals surface area (Å²) in [5.74, 6) is 2.18. The number of cyclic esters (lactones) is 3. The molecule has 0 saturated carbocycles. The van der Waals surface area contributed by atoms with Crippen LogP contribution in [0.1, 0.15) is 251 Å². The largest absolute Gasteiger partial charge is 0.508 e. The maximum Gasteiger partial charge on any atom is 0.340 e. The monoisotopic (exact) mass is 1690 g/mol. The summed E-state index contributed by atoms with van der Waals surface area (Å²) in [5.41, 5.74) is 8.84. The molecule has 0 fully saturated rings. The Morgan fingerprint density at radius 1 is 0.294 bits per heavy atom. The smallest absolute Gasteiger partial charge is 0.340 e. The molecule has 0 amide bonds. The predicted octanol–water partition coefficient (Wildman–Crippen LogP) is 26.5. The Kier molecular flexibility index (Phi) is 32.1. The van der Waals surface area contributed by atoms with Crippen LogP contribution < -0.4 is 9.47 Å². The summed E-state index contributed by atoms with van der Waals surface area (Å²) in [7, 11) is 0. The van der Waals surface area contributed by atoms with Crippen LogP contribution in [0.5, 0.6) is 46.0 Å². The molecule has 16 heteroatoms. The summed E-state index contributed by atoms with van der Waals surface area (Å²) < 4.78 is 29.4. The topological polar surface area (TPSA) is 256 Å². The van der Waals surface area contributed by atoms with Crippen molar-refractivity contribution in [3.05, 3.63) is 404 Å². The molecular weight excluding hydrogens is 1580 g/mol. The van der Waals surface area contributed by atoms with Gasteiger partial charge in [-0.15, -0.1) is 0 Å². The molecule has 126 heavy (non-hydrogen) atoms. The van der Waals surface area contributed by atoms with E-state index in [0.29, 0.717) is 40.0 Å². The van der Waals surface area contributed by atoms with Crippen LogP contribution in [0.15, 0.2) is 315 Å². The van der Waals surface area contributed by atoms with Gasteiger partial charge in [-0.2, -0.15) is 0 Å². The first-order valence-corrected chi connectivity index (χ1v) is 42.7. The van der Waals surface area contributed by atoms with E-state index in [1.54, 1.807) is 188 Å². The Hall–Kier alpha value is -14.1. The Balaban J connectivity index is 0.000000171. The highest BCUT2D eigenvalue weighted by molar-refractivity contribution is 6.05. The van der Waals surface area contributed by atoms with Crippen molar-refractivity contribution in [1.29, 1.82) is 0 Å². The summed E-state index contributed by atoms with van der Waals surface area (Å²) in [6.07, 6.45) is 0. The van der Waals surface area contributed by atoms with Gasteiger partial charge in [-0.1, -0.05) is 283 Å². The van der Waals surface area contributed by atoms with E-state index in [2.05, 4.69) is 132 Å². The van der Waals surface area contributed by atoms with Crippen LogP contribution in [0, 0.1) is 0 Å². The van der Waals surface area contributed by atoms with Crippen molar-refractivity contribution in [1.82, 2.24) is 0 Å². The molecular formula is C110H116O16. The number of fused-ring (bicyclic) bond motifs is 5. The lowest BCUT2D eigenvalue weighted by Gasteiger charge is -2.30. The highest BCUT2D eigenvalue weighted by atomic mass is 16.6. The number of ether oxygens (including phenoxy) is 5. The van der Waals surface area contributed by atoms with E-state index in [-0.39, 0.29) is 45.7 Å². The summed E-state index contributed by atoms with van der Waals surface area (Å²) in [6, 6.07) is 93.7. The highest BCUT2D eigenvalue weighted by Crippen LogP contribution is 2.51. The molecule has 7 N–H and O–H groups in total. The van der Waals surface area contributed by atoms with Crippen molar-refractivity contribution in [3.8, 4) is 46.0 Å². The van der Waals surface area contributed by atoms with Gasteiger partial charge in [-0.05, 0) is 207 Å². The van der Waals surface area contributed by atoms with Crippen molar-refractivity contribution in [2.75, 3.05) is 0 Å². The Labute approximate surface area is 740 Å². The second kappa shape index (κ2) is 42.3. The summed E-state index contributed by atoms with van der Waals surface area (Å²) >= 11 is 0. The van der Waals surface area contributed by atoms with Crippen molar-refractivity contribution in [2.45, 2.75) is 170 Å². The number of carbonyl (C=O) groups excluding carboxylic acids is 3. The third-order valence-corrected chi connectivity index (χ3v) is 20.7. The van der Waals surface area contributed by atoms with E-state index in [0.717, 1.165) is 72.3 Å². The minimum atomic E-state index is -1.10. The van der Waals surface area contributed by atoms with Crippen molar-refractivity contribution >= 4 is 45.4 Å². The third kappa shape index (κ3) is 21.9. The lowest BCUT2D eigenvalue weighted by atomic mass is 9.80. The van der Waals surface area contributed by atoms with Crippen LogP contribution in [0.2, 0.25) is 0 Å². The SMILES string of the molecule is CC.CC.CC.CC(C)c1ccc(C(=O)O)c2ccccc12.CC(C)c1ccc(OC(C)(C)C)c2ccccc12.CC(C)c1ccc(OC(C)(C)C)cc1.O=C1OC(c2ccc(O)cc2)(c2ccc(O)cc2)c2ccccc21.O=C1OC(c2ccc(O)cc2)(c2ccc(O)cc2)c2ccccc21.O=C1OC(c2ccc(O)cc2)(c2ccc(O)cc2)c2ccccc21. The lowest BCUT2D eigenvalue weighted by Crippen LogP contribution is -2.29. The molecule has 0 radical (unpaired) electrons. The van der Waals surface area contributed by atoms with Gasteiger partial charge in [0.2, 0.25) is 0 Å². The highest BCUT2D eigenvalue weighted by Gasteiger charge is 2.51. The first-order chi connectivity index (χ1) is 60.2. The van der Waals surface area contributed by atoms with Crippen LogP contribution in [0.4, 0.5) is 0 Å².